The summed E-state index contributed by atoms with van der Waals surface area (Å²) >= 11 is 0. The molecule has 1 aliphatic rings. The molecule has 2 amide bonds. The van der Waals surface area contributed by atoms with Gasteiger partial charge in [0.15, 0.2) is 0 Å². The van der Waals surface area contributed by atoms with Gasteiger partial charge in [-0.1, -0.05) is 48.5 Å². The molecule has 0 saturated heterocycles. The van der Waals surface area contributed by atoms with Gasteiger partial charge in [-0.25, -0.2) is 4.79 Å². The summed E-state index contributed by atoms with van der Waals surface area (Å²) in [5.74, 6) is 0.498. The lowest BCUT2D eigenvalue weighted by Gasteiger charge is -2.45. The molecule has 30 heavy (non-hydrogen) atoms. The number of carbonyl (C=O) groups excluding carboxylic acids is 1. The van der Waals surface area contributed by atoms with Gasteiger partial charge in [0.25, 0.3) is 0 Å². The highest BCUT2D eigenvalue weighted by atomic mass is 16.2. The second kappa shape index (κ2) is 8.52. The minimum Gasteiger partial charge on any atom is -0.358 e. The first-order valence-corrected chi connectivity index (χ1v) is 10.9. The van der Waals surface area contributed by atoms with E-state index in [0.29, 0.717) is 12.5 Å². The minimum atomic E-state index is -0.465. The molecule has 0 radical (unpaired) electrons. The van der Waals surface area contributed by atoms with Crippen molar-refractivity contribution in [2.45, 2.75) is 43.6 Å². The van der Waals surface area contributed by atoms with E-state index in [1.807, 2.05) is 0 Å². The van der Waals surface area contributed by atoms with E-state index in [1.165, 1.54) is 27.7 Å². The number of hydrogen-bond acceptors (Lipinski definition) is 2. The summed E-state index contributed by atoms with van der Waals surface area (Å²) in [5.41, 5.74) is 10.6. The van der Waals surface area contributed by atoms with Crippen LogP contribution in [0.15, 0.2) is 54.6 Å². The number of para-hydroxylation sites is 1. The van der Waals surface area contributed by atoms with Crippen LogP contribution in [0.5, 0.6) is 0 Å². The molecule has 5 heteroatoms. The quantitative estimate of drug-likeness (QED) is 0.566. The Morgan fingerprint density at radius 2 is 1.77 bits per heavy atom. The third-order valence-electron chi connectivity index (χ3n) is 6.91. The van der Waals surface area contributed by atoms with E-state index in [1.54, 1.807) is 0 Å². The molecule has 0 unspecified atom stereocenters. The first-order valence-electron chi connectivity index (χ1n) is 10.9. The topological polar surface area (TPSA) is 74.2 Å². The molecule has 4 N–H and O–H groups in total. The molecular weight excluding hydrogens is 372 g/mol. The third kappa shape index (κ3) is 3.82. The molecule has 2 aromatic carbocycles. The molecule has 1 aliphatic carbocycles. The van der Waals surface area contributed by atoms with Crippen LogP contribution >= 0.6 is 0 Å². The number of carbonyl (C=O) groups is 1. The van der Waals surface area contributed by atoms with Crippen molar-refractivity contribution in [3.8, 4) is 0 Å². The fraction of sp³-hybridized carbons (Fsp3) is 0.400. The summed E-state index contributed by atoms with van der Waals surface area (Å²) in [4.78, 5) is 17.3. The van der Waals surface area contributed by atoms with Crippen molar-refractivity contribution in [2.24, 2.45) is 5.73 Å². The Bertz CT molecular complexity index is 1000. The third-order valence-corrected chi connectivity index (χ3v) is 6.91. The zero-order valence-corrected chi connectivity index (χ0v) is 17.9. The number of nitrogens with one attached hydrogen (secondary N) is 2. The van der Waals surface area contributed by atoms with Crippen molar-refractivity contribution in [1.29, 1.82) is 0 Å². The van der Waals surface area contributed by atoms with Gasteiger partial charge >= 0.3 is 6.03 Å². The molecule has 4 rings (SSSR count). The second-order valence-corrected chi connectivity index (χ2v) is 8.67. The minimum absolute atomic E-state index is 0.0947. The summed E-state index contributed by atoms with van der Waals surface area (Å²) in [6.45, 7) is 0.558. The van der Waals surface area contributed by atoms with Crippen LogP contribution < -0.4 is 11.1 Å². The van der Waals surface area contributed by atoms with Crippen LogP contribution in [-0.2, 0) is 12.0 Å². The standard InChI is InChI=1S/C25H32N4O/c1-29(2)25(19-8-4-3-5-9-19)15-12-18(13-16-25)23-21(14-17-27-24(26)30)20-10-6-7-11-22(20)28-23/h3-11,18,28H,12-17H2,1-2H3,(H3,26,27,30). The van der Waals surface area contributed by atoms with Gasteiger partial charge in [0.1, 0.15) is 0 Å². The molecule has 1 saturated carbocycles. The smallest absolute Gasteiger partial charge is 0.312 e. The number of nitrogens with zero attached hydrogens (tertiary/aromatic N) is 1. The Morgan fingerprint density at radius 1 is 1.10 bits per heavy atom. The van der Waals surface area contributed by atoms with E-state index < -0.39 is 6.03 Å². The number of rotatable bonds is 6. The number of amides is 2. The van der Waals surface area contributed by atoms with Crippen LogP contribution in [0, 0.1) is 0 Å². The number of nitrogens with two attached hydrogens (primary N) is 1. The summed E-state index contributed by atoms with van der Waals surface area (Å²) in [5, 5.41) is 4.00. The highest BCUT2D eigenvalue weighted by Crippen LogP contribution is 2.47. The van der Waals surface area contributed by atoms with E-state index in [9.17, 15) is 4.79 Å². The molecule has 0 aliphatic heterocycles. The number of aromatic nitrogens is 1. The van der Waals surface area contributed by atoms with E-state index in [0.717, 1.165) is 32.1 Å². The molecule has 3 aromatic rings. The summed E-state index contributed by atoms with van der Waals surface area (Å²) in [7, 11) is 4.41. The van der Waals surface area contributed by atoms with E-state index >= 15 is 0 Å². The number of urea groups is 1. The Morgan fingerprint density at radius 3 is 2.43 bits per heavy atom. The Kier molecular flexibility index (Phi) is 5.82. The number of fused-ring (bicyclic) bond motifs is 1. The van der Waals surface area contributed by atoms with E-state index in [-0.39, 0.29) is 5.54 Å². The molecule has 0 spiro atoms. The highest BCUT2D eigenvalue weighted by molar-refractivity contribution is 5.85. The van der Waals surface area contributed by atoms with Crippen molar-refractivity contribution in [3.05, 3.63) is 71.4 Å². The maximum Gasteiger partial charge on any atom is 0.312 e. The van der Waals surface area contributed by atoms with Crippen molar-refractivity contribution < 1.29 is 4.79 Å². The van der Waals surface area contributed by atoms with Crippen molar-refractivity contribution in [3.63, 3.8) is 0 Å². The van der Waals surface area contributed by atoms with Gasteiger partial charge in [0.05, 0.1) is 0 Å². The van der Waals surface area contributed by atoms with Gasteiger partial charge < -0.3 is 16.0 Å². The Hall–Kier alpha value is -2.79. The maximum absolute atomic E-state index is 11.1. The predicted molar refractivity (Wildman–Crippen MR) is 123 cm³/mol. The molecule has 1 aromatic heterocycles. The molecular formula is C25H32N4O. The molecule has 0 bridgehead atoms. The zero-order chi connectivity index (χ0) is 21.1. The molecule has 0 atom stereocenters. The van der Waals surface area contributed by atoms with E-state index in [4.69, 9.17) is 5.73 Å². The summed E-state index contributed by atoms with van der Waals surface area (Å²) in [6, 6.07) is 18.9. The number of hydrogen-bond donors (Lipinski definition) is 3. The number of aromatic amines is 1. The monoisotopic (exact) mass is 404 g/mol. The lowest BCUT2D eigenvalue weighted by molar-refractivity contribution is 0.0903. The lowest BCUT2D eigenvalue weighted by atomic mass is 9.70. The van der Waals surface area contributed by atoms with Crippen LogP contribution in [0.3, 0.4) is 0 Å². The van der Waals surface area contributed by atoms with Crippen LogP contribution in [0.25, 0.3) is 10.9 Å². The Labute approximate surface area is 178 Å². The van der Waals surface area contributed by atoms with Gasteiger partial charge in [0.2, 0.25) is 0 Å². The van der Waals surface area contributed by atoms with Crippen molar-refractivity contribution in [2.75, 3.05) is 20.6 Å². The number of benzene rings is 2. The molecule has 1 fully saturated rings. The lowest BCUT2D eigenvalue weighted by Crippen LogP contribution is -2.44. The van der Waals surface area contributed by atoms with Crippen LogP contribution in [-0.4, -0.2) is 36.6 Å². The predicted octanol–water partition coefficient (Wildman–Crippen LogP) is 4.49. The SMILES string of the molecule is CN(C)C1(c2ccccc2)CCC(c2[nH]c3ccccc3c2CCNC(N)=O)CC1. The first-order chi connectivity index (χ1) is 14.5. The van der Waals surface area contributed by atoms with Gasteiger partial charge in [-0.2, -0.15) is 0 Å². The maximum atomic E-state index is 11.1. The van der Waals surface area contributed by atoms with Gasteiger partial charge in [-0.15, -0.1) is 0 Å². The average molecular weight is 405 g/mol. The van der Waals surface area contributed by atoms with Crippen molar-refractivity contribution >= 4 is 16.9 Å². The zero-order valence-electron chi connectivity index (χ0n) is 17.9. The van der Waals surface area contributed by atoms with Gasteiger partial charge in [-0.3, -0.25) is 4.90 Å². The largest absolute Gasteiger partial charge is 0.358 e. The fourth-order valence-corrected chi connectivity index (χ4v) is 5.28. The Balaban J connectivity index is 1.60. The summed E-state index contributed by atoms with van der Waals surface area (Å²) < 4.78 is 0. The molecule has 1 heterocycles. The van der Waals surface area contributed by atoms with Gasteiger partial charge in [0, 0.05) is 28.7 Å². The summed E-state index contributed by atoms with van der Waals surface area (Å²) in [6.07, 6.45) is 5.31. The number of H-pyrrole nitrogens is 1. The molecule has 5 nitrogen and oxygen atoms in total. The molecule has 158 valence electrons. The average Bonchev–Trinajstić information content (AvgIpc) is 3.13. The number of primary amides is 1. The van der Waals surface area contributed by atoms with Crippen LogP contribution in [0.1, 0.15) is 48.4 Å². The highest BCUT2D eigenvalue weighted by Gasteiger charge is 2.39. The first kappa shape index (κ1) is 20.5. The van der Waals surface area contributed by atoms with Crippen LogP contribution in [0.4, 0.5) is 4.79 Å². The normalized spacial score (nSPS) is 21.8. The van der Waals surface area contributed by atoms with Crippen molar-refractivity contribution in [1.82, 2.24) is 15.2 Å². The fourth-order valence-electron chi connectivity index (χ4n) is 5.28. The van der Waals surface area contributed by atoms with Crippen LogP contribution in [0.2, 0.25) is 0 Å². The van der Waals surface area contributed by atoms with E-state index in [2.05, 4.69) is 83.9 Å². The van der Waals surface area contributed by atoms with Gasteiger partial charge in [-0.05, 0) is 69.3 Å². The second-order valence-electron chi connectivity index (χ2n) is 8.67.